The minimum atomic E-state index is 0.481. The molecule has 1 heterocycles. The summed E-state index contributed by atoms with van der Waals surface area (Å²) in [6.45, 7) is 0.923. The molecule has 0 amide bonds. The first-order valence-electron chi connectivity index (χ1n) is 6.02. The van der Waals surface area contributed by atoms with Gasteiger partial charge in [-0.1, -0.05) is 46.3 Å². The van der Waals surface area contributed by atoms with Crippen molar-refractivity contribution in [3.8, 4) is 0 Å². The maximum Gasteiger partial charge on any atom is 0.0429 e. The number of rotatable bonds is 3. The average molecular weight is 320 g/mol. The predicted molar refractivity (Wildman–Crippen MR) is 80.9 cm³/mol. The summed E-state index contributed by atoms with van der Waals surface area (Å²) in [7, 11) is 0. The highest BCUT2D eigenvalue weighted by molar-refractivity contribution is 9.10. The summed E-state index contributed by atoms with van der Waals surface area (Å²) in [5, 5.41) is 3.64. The van der Waals surface area contributed by atoms with E-state index in [4.69, 9.17) is 0 Å². The lowest BCUT2D eigenvalue weighted by atomic mass is 10.1. The molecule has 0 saturated carbocycles. The van der Waals surface area contributed by atoms with Crippen molar-refractivity contribution >= 4 is 27.7 Å². The third-order valence-corrected chi connectivity index (χ3v) is 4.88. The maximum absolute atomic E-state index is 3.64. The molecule has 0 bridgehead atoms. The van der Waals surface area contributed by atoms with Crippen LogP contribution < -0.4 is 5.32 Å². The van der Waals surface area contributed by atoms with E-state index in [1.807, 2.05) is 11.8 Å². The minimum Gasteiger partial charge on any atom is -0.305 e. The van der Waals surface area contributed by atoms with Gasteiger partial charge in [-0.05, 0) is 29.3 Å². The van der Waals surface area contributed by atoms with Crippen LogP contribution in [0.2, 0.25) is 0 Å². The summed E-state index contributed by atoms with van der Waals surface area (Å²) < 4.78 is 1.13. The molecule has 0 aliphatic carbocycles. The van der Waals surface area contributed by atoms with E-state index in [0.29, 0.717) is 6.04 Å². The quantitative estimate of drug-likeness (QED) is 0.900. The fourth-order valence-corrected chi connectivity index (χ4v) is 3.63. The summed E-state index contributed by atoms with van der Waals surface area (Å²) >= 11 is 5.40. The highest BCUT2D eigenvalue weighted by Crippen LogP contribution is 2.37. The number of hydrogen-bond acceptors (Lipinski definition) is 2. The zero-order valence-electron chi connectivity index (χ0n) is 9.90. The van der Waals surface area contributed by atoms with Crippen molar-refractivity contribution in [2.24, 2.45) is 0 Å². The highest BCUT2D eigenvalue weighted by atomic mass is 79.9. The molecule has 0 spiro atoms. The van der Waals surface area contributed by atoms with Gasteiger partial charge in [-0.15, -0.1) is 11.8 Å². The van der Waals surface area contributed by atoms with Crippen molar-refractivity contribution in [3.63, 3.8) is 0 Å². The molecule has 0 saturated heterocycles. The monoisotopic (exact) mass is 319 g/mol. The molecule has 1 aliphatic heterocycles. The van der Waals surface area contributed by atoms with E-state index in [2.05, 4.69) is 69.8 Å². The van der Waals surface area contributed by atoms with Crippen LogP contribution in [0.3, 0.4) is 0 Å². The van der Waals surface area contributed by atoms with E-state index in [1.165, 1.54) is 16.0 Å². The first-order chi connectivity index (χ1) is 8.83. The molecule has 0 fully saturated rings. The summed E-state index contributed by atoms with van der Waals surface area (Å²) in [5.41, 5.74) is 2.77. The molecule has 0 aromatic heterocycles. The van der Waals surface area contributed by atoms with E-state index in [0.717, 1.165) is 16.8 Å². The SMILES string of the molecule is Brc1ccc(CNC2CSc3ccccc32)cc1. The highest BCUT2D eigenvalue weighted by Gasteiger charge is 2.21. The molecule has 1 aliphatic rings. The van der Waals surface area contributed by atoms with E-state index in [9.17, 15) is 0 Å². The zero-order chi connectivity index (χ0) is 12.4. The van der Waals surface area contributed by atoms with Gasteiger partial charge in [-0.25, -0.2) is 0 Å². The van der Waals surface area contributed by atoms with Gasteiger partial charge in [0.05, 0.1) is 0 Å². The number of halogens is 1. The standard InChI is InChI=1S/C15H14BrNS/c16-12-7-5-11(6-8-12)9-17-14-10-18-15-4-2-1-3-13(14)15/h1-8,14,17H,9-10H2. The molecule has 1 nitrogen and oxygen atoms in total. The molecule has 92 valence electrons. The Balaban J connectivity index is 1.67. The van der Waals surface area contributed by atoms with Crippen LogP contribution in [0.4, 0.5) is 0 Å². The Hall–Kier alpha value is -0.770. The van der Waals surface area contributed by atoms with Gasteiger partial charge in [0, 0.05) is 27.7 Å². The second kappa shape index (κ2) is 5.47. The second-order valence-electron chi connectivity index (χ2n) is 4.41. The smallest absolute Gasteiger partial charge is 0.0429 e. The van der Waals surface area contributed by atoms with Crippen LogP contribution in [-0.4, -0.2) is 5.75 Å². The first-order valence-corrected chi connectivity index (χ1v) is 7.80. The van der Waals surface area contributed by atoms with Crippen LogP contribution >= 0.6 is 27.7 Å². The summed E-state index contributed by atoms with van der Waals surface area (Å²) in [4.78, 5) is 1.42. The Labute approximate surface area is 120 Å². The fraction of sp³-hybridized carbons (Fsp3) is 0.200. The number of hydrogen-bond donors (Lipinski definition) is 1. The minimum absolute atomic E-state index is 0.481. The Morgan fingerprint density at radius 1 is 1.11 bits per heavy atom. The Morgan fingerprint density at radius 3 is 2.72 bits per heavy atom. The third kappa shape index (κ3) is 2.63. The second-order valence-corrected chi connectivity index (χ2v) is 6.39. The number of benzene rings is 2. The van der Waals surface area contributed by atoms with Crippen molar-refractivity contribution in [3.05, 3.63) is 64.1 Å². The van der Waals surface area contributed by atoms with E-state index in [-0.39, 0.29) is 0 Å². The lowest BCUT2D eigenvalue weighted by Crippen LogP contribution is -2.20. The van der Waals surface area contributed by atoms with Crippen molar-refractivity contribution in [2.45, 2.75) is 17.5 Å². The number of fused-ring (bicyclic) bond motifs is 1. The van der Waals surface area contributed by atoms with Crippen molar-refractivity contribution in [1.29, 1.82) is 0 Å². The fourth-order valence-electron chi connectivity index (χ4n) is 2.17. The van der Waals surface area contributed by atoms with Gasteiger partial charge in [0.2, 0.25) is 0 Å². The lowest BCUT2D eigenvalue weighted by molar-refractivity contribution is 0.584. The largest absolute Gasteiger partial charge is 0.305 e. The topological polar surface area (TPSA) is 12.0 Å². The third-order valence-electron chi connectivity index (χ3n) is 3.17. The van der Waals surface area contributed by atoms with Crippen LogP contribution in [0, 0.1) is 0 Å². The predicted octanol–water partition coefficient (Wildman–Crippen LogP) is 4.39. The number of thioether (sulfide) groups is 1. The first kappa shape index (κ1) is 12.3. The summed E-state index contributed by atoms with van der Waals surface area (Å²) in [6.07, 6.45) is 0. The van der Waals surface area contributed by atoms with Crippen LogP contribution in [0.25, 0.3) is 0 Å². The molecule has 2 aromatic carbocycles. The molecular formula is C15H14BrNS. The molecular weight excluding hydrogens is 306 g/mol. The summed E-state index contributed by atoms with van der Waals surface area (Å²) in [5.74, 6) is 1.13. The Morgan fingerprint density at radius 2 is 1.89 bits per heavy atom. The summed E-state index contributed by atoms with van der Waals surface area (Å²) in [6, 6.07) is 17.7. The van der Waals surface area contributed by atoms with Gasteiger partial charge < -0.3 is 5.32 Å². The molecule has 3 heteroatoms. The molecule has 1 N–H and O–H groups in total. The normalized spacial score (nSPS) is 17.7. The molecule has 0 radical (unpaired) electrons. The van der Waals surface area contributed by atoms with Crippen molar-refractivity contribution in [1.82, 2.24) is 5.32 Å². The van der Waals surface area contributed by atoms with Gasteiger partial charge in [-0.3, -0.25) is 0 Å². The average Bonchev–Trinajstić information content (AvgIpc) is 2.82. The van der Waals surface area contributed by atoms with Crippen molar-refractivity contribution < 1.29 is 0 Å². The van der Waals surface area contributed by atoms with Gasteiger partial charge in [0.25, 0.3) is 0 Å². The van der Waals surface area contributed by atoms with Crippen LogP contribution in [-0.2, 0) is 6.54 Å². The van der Waals surface area contributed by atoms with Gasteiger partial charge in [-0.2, -0.15) is 0 Å². The Bertz CT molecular complexity index is 538. The Kier molecular flexibility index (Phi) is 3.73. The lowest BCUT2D eigenvalue weighted by Gasteiger charge is -2.13. The van der Waals surface area contributed by atoms with Crippen LogP contribution in [0.5, 0.6) is 0 Å². The van der Waals surface area contributed by atoms with Crippen LogP contribution in [0.15, 0.2) is 57.9 Å². The molecule has 1 atom stereocenters. The van der Waals surface area contributed by atoms with E-state index in [1.54, 1.807) is 0 Å². The molecule has 1 unspecified atom stereocenters. The van der Waals surface area contributed by atoms with Crippen LogP contribution in [0.1, 0.15) is 17.2 Å². The van der Waals surface area contributed by atoms with Gasteiger partial charge in [0.15, 0.2) is 0 Å². The van der Waals surface area contributed by atoms with E-state index < -0.39 is 0 Å². The van der Waals surface area contributed by atoms with E-state index >= 15 is 0 Å². The zero-order valence-corrected chi connectivity index (χ0v) is 12.3. The molecule has 2 aromatic rings. The van der Waals surface area contributed by atoms with Crippen molar-refractivity contribution in [2.75, 3.05) is 5.75 Å². The molecule has 3 rings (SSSR count). The number of nitrogens with one attached hydrogen (secondary N) is 1. The van der Waals surface area contributed by atoms with Gasteiger partial charge >= 0.3 is 0 Å². The maximum atomic E-state index is 3.64. The van der Waals surface area contributed by atoms with Gasteiger partial charge in [0.1, 0.15) is 0 Å². The molecule has 18 heavy (non-hydrogen) atoms.